The Morgan fingerprint density at radius 1 is 1.04 bits per heavy atom. The predicted octanol–water partition coefficient (Wildman–Crippen LogP) is -2.23. The number of amides is 1. The van der Waals surface area contributed by atoms with Gasteiger partial charge in [0.2, 0.25) is 12.5 Å². The summed E-state index contributed by atoms with van der Waals surface area (Å²) in [5, 5.41) is 52.9. The van der Waals surface area contributed by atoms with E-state index >= 15 is 0 Å². The fourth-order valence-electron chi connectivity index (χ4n) is 3.58. The summed E-state index contributed by atoms with van der Waals surface area (Å²) >= 11 is 0. The molecule has 4 rings (SSSR count). The molecular formula is C14H15NO8. The van der Waals surface area contributed by atoms with Crippen molar-refractivity contribution < 1.29 is 39.8 Å². The maximum Gasteiger partial charge on any atom is 0.255 e. The van der Waals surface area contributed by atoms with Crippen LogP contribution >= 0.6 is 0 Å². The first-order valence-electron chi connectivity index (χ1n) is 7.10. The predicted molar refractivity (Wildman–Crippen MR) is 72.3 cm³/mol. The van der Waals surface area contributed by atoms with Crippen LogP contribution in [-0.4, -0.2) is 68.7 Å². The molecule has 1 aromatic carbocycles. The molecule has 3 aliphatic rings. The molecule has 124 valence electrons. The fraction of sp³-hybridized carbons (Fsp3) is 0.500. The smallest absolute Gasteiger partial charge is 0.255 e. The first-order chi connectivity index (χ1) is 10.9. The first kappa shape index (κ1) is 14.5. The molecule has 1 amide bonds. The number of benzene rings is 1. The molecule has 0 unspecified atom stereocenters. The lowest BCUT2D eigenvalue weighted by atomic mass is 9.70. The number of carbonyl (C=O) groups excluding carboxylic acids is 1. The summed E-state index contributed by atoms with van der Waals surface area (Å²) in [7, 11) is 0. The van der Waals surface area contributed by atoms with E-state index in [0.717, 1.165) is 0 Å². The van der Waals surface area contributed by atoms with Crippen molar-refractivity contribution in [2.24, 2.45) is 0 Å². The molecule has 1 fully saturated rings. The summed E-state index contributed by atoms with van der Waals surface area (Å²) in [5.74, 6) is -1.78. The number of aromatic hydroxyl groups is 1. The Morgan fingerprint density at radius 3 is 2.48 bits per heavy atom. The number of aliphatic hydroxyl groups is 4. The van der Waals surface area contributed by atoms with Gasteiger partial charge in [-0.2, -0.15) is 0 Å². The Kier molecular flexibility index (Phi) is 2.97. The van der Waals surface area contributed by atoms with Crippen molar-refractivity contribution >= 4 is 5.91 Å². The number of hydrogen-bond donors (Lipinski definition) is 6. The van der Waals surface area contributed by atoms with Crippen LogP contribution in [0.2, 0.25) is 0 Å². The van der Waals surface area contributed by atoms with Gasteiger partial charge in [0.1, 0.15) is 18.3 Å². The number of phenols is 1. The zero-order valence-corrected chi connectivity index (χ0v) is 11.7. The molecule has 9 heteroatoms. The highest BCUT2D eigenvalue weighted by molar-refractivity contribution is 6.01. The monoisotopic (exact) mass is 325 g/mol. The number of phenolic OH excluding ortho intramolecular Hbond substituents is 1. The van der Waals surface area contributed by atoms with Gasteiger partial charge < -0.3 is 40.3 Å². The second-order valence-electron chi connectivity index (χ2n) is 5.91. The highest BCUT2D eigenvalue weighted by atomic mass is 16.7. The lowest BCUT2D eigenvalue weighted by Gasteiger charge is -2.47. The van der Waals surface area contributed by atoms with Crippen molar-refractivity contribution in [1.82, 2.24) is 5.32 Å². The molecule has 0 radical (unpaired) electrons. The number of nitrogens with one attached hydrogen (secondary N) is 1. The van der Waals surface area contributed by atoms with E-state index < -0.39 is 48.0 Å². The minimum atomic E-state index is -1.60. The van der Waals surface area contributed by atoms with Gasteiger partial charge in [0, 0.05) is 5.92 Å². The number of ether oxygens (including phenoxy) is 2. The van der Waals surface area contributed by atoms with Crippen LogP contribution in [0.25, 0.3) is 0 Å². The van der Waals surface area contributed by atoms with Crippen LogP contribution in [0.3, 0.4) is 0 Å². The molecule has 2 heterocycles. The van der Waals surface area contributed by atoms with Gasteiger partial charge in [0.25, 0.3) is 5.91 Å². The van der Waals surface area contributed by atoms with Crippen molar-refractivity contribution in [1.29, 1.82) is 0 Å². The van der Waals surface area contributed by atoms with Crippen LogP contribution in [-0.2, 0) is 0 Å². The van der Waals surface area contributed by atoms with Crippen LogP contribution in [0.5, 0.6) is 17.2 Å². The van der Waals surface area contributed by atoms with Gasteiger partial charge >= 0.3 is 0 Å². The molecule has 23 heavy (non-hydrogen) atoms. The molecule has 1 aliphatic carbocycles. The molecule has 1 aromatic rings. The Morgan fingerprint density at radius 2 is 1.74 bits per heavy atom. The second kappa shape index (κ2) is 4.71. The minimum absolute atomic E-state index is 0.0313. The fourth-order valence-corrected chi connectivity index (χ4v) is 3.58. The van der Waals surface area contributed by atoms with Crippen LogP contribution in [0.15, 0.2) is 6.07 Å². The molecule has 2 aliphatic heterocycles. The lowest BCUT2D eigenvalue weighted by molar-refractivity contribution is -0.155. The van der Waals surface area contributed by atoms with Crippen molar-refractivity contribution in [3.8, 4) is 17.2 Å². The van der Waals surface area contributed by atoms with Crippen molar-refractivity contribution in [2.75, 3.05) is 6.79 Å². The van der Waals surface area contributed by atoms with Gasteiger partial charge in [-0.05, 0) is 11.6 Å². The van der Waals surface area contributed by atoms with E-state index in [1.807, 2.05) is 0 Å². The third-order valence-corrected chi connectivity index (χ3v) is 4.73. The summed E-state index contributed by atoms with van der Waals surface area (Å²) in [6.45, 7) is -0.117. The third kappa shape index (κ3) is 1.78. The maximum absolute atomic E-state index is 12.3. The van der Waals surface area contributed by atoms with E-state index in [1.165, 1.54) is 6.07 Å². The van der Waals surface area contributed by atoms with Crippen LogP contribution in [0.4, 0.5) is 0 Å². The number of aliphatic hydroxyl groups excluding tert-OH is 4. The second-order valence-corrected chi connectivity index (χ2v) is 5.91. The van der Waals surface area contributed by atoms with Crippen molar-refractivity contribution in [3.05, 3.63) is 17.2 Å². The number of carbonyl (C=O) groups is 1. The van der Waals surface area contributed by atoms with Crippen molar-refractivity contribution in [2.45, 2.75) is 36.4 Å². The highest BCUT2D eigenvalue weighted by Crippen LogP contribution is 2.49. The van der Waals surface area contributed by atoms with E-state index in [1.54, 1.807) is 0 Å². The molecule has 0 spiro atoms. The van der Waals surface area contributed by atoms with Gasteiger partial charge in [-0.1, -0.05) is 0 Å². The normalized spacial score (nSPS) is 37.8. The summed E-state index contributed by atoms with van der Waals surface area (Å²) in [6.07, 6.45) is -6.11. The molecule has 0 saturated heterocycles. The topological polar surface area (TPSA) is 149 Å². The van der Waals surface area contributed by atoms with Crippen LogP contribution < -0.4 is 14.8 Å². The molecule has 0 bridgehead atoms. The SMILES string of the molecule is O=C1N[C@@H]2[C@H](O)[C@H](O)[C@@H](O)[C@H](O)[C@@H]2c2cc3c(c(O)c21)OCO3. The van der Waals surface area contributed by atoms with Gasteiger partial charge in [-0.15, -0.1) is 0 Å². The number of rotatable bonds is 0. The summed E-state index contributed by atoms with van der Waals surface area (Å²) in [5.41, 5.74) is 0.114. The average Bonchev–Trinajstić information content (AvgIpc) is 2.99. The van der Waals surface area contributed by atoms with Crippen molar-refractivity contribution in [3.63, 3.8) is 0 Å². The van der Waals surface area contributed by atoms with E-state index in [0.29, 0.717) is 0 Å². The van der Waals surface area contributed by atoms with E-state index in [-0.39, 0.29) is 29.4 Å². The van der Waals surface area contributed by atoms with E-state index in [9.17, 15) is 30.3 Å². The number of hydrogen-bond acceptors (Lipinski definition) is 8. The Hall–Kier alpha value is -2.07. The quantitative estimate of drug-likeness (QED) is 0.314. The van der Waals surface area contributed by atoms with Gasteiger partial charge in [-0.3, -0.25) is 4.79 Å². The van der Waals surface area contributed by atoms with Crippen LogP contribution in [0, 0.1) is 0 Å². The number of fused-ring (bicyclic) bond motifs is 4. The Labute approximate surface area is 129 Å². The zero-order valence-electron chi connectivity index (χ0n) is 11.7. The molecular weight excluding hydrogens is 310 g/mol. The molecule has 6 atom stereocenters. The highest BCUT2D eigenvalue weighted by Gasteiger charge is 2.53. The standard InChI is InChI=1S/C14H15NO8/c16-8-5-3-1-4-13(23-2-22-4)9(17)6(3)14(21)15-7(5)10(18)12(20)11(8)19/h1,5,7-8,10-12,16-20H,2H2,(H,15,21)/t5-,7+,8-,10+,11+,12+/m1/s1. The largest absolute Gasteiger partial charge is 0.504 e. The minimum Gasteiger partial charge on any atom is -0.504 e. The molecule has 1 saturated carbocycles. The summed E-state index contributed by atoms with van der Waals surface area (Å²) in [4.78, 5) is 12.3. The van der Waals surface area contributed by atoms with Gasteiger partial charge in [0.05, 0.1) is 17.7 Å². The molecule has 6 N–H and O–H groups in total. The lowest BCUT2D eigenvalue weighted by Crippen LogP contribution is -2.66. The van der Waals surface area contributed by atoms with Crippen LogP contribution in [0.1, 0.15) is 21.8 Å². The summed E-state index contributed by atoms with van der Waals surface area (Å²) in [6, 6.07) is 0.428. The average molecular weight is 325 g/mol. The first-order valence-corrected chi connectivity index (χ1v) is 7.10. The maximum atomic E-state index is 12.3. The summed E-state index contributed by atoms with van der Waals surface area (Å²) < 4.78 is 10.3. The zero-order chi connectivity index (χ0) is 16.5. The van der Waals surface area contributed by atoms with E-state index in [2.05, 4.69) is 5.32 Å². The Bertz CT molecular complexity index is 692. The van der Waals surface area contributed by atoms with E-state index in [4.69, 9.17) is 9.47 Å². The molecule has 9 nitrogen and oxygen atoms in total. The molecule has 0 aromatic heterocycles. The van der Waals surface area contributed by atoms with Gasteiger partial charge in [0.15, 0.2) is 11.5 Å². The van der Waals surface area contributed by atoms with Gasteiger partial charge in [-0.25, -0.2) is 0 Å². The third-order valence-electron chi connectivity index (χ3n) is 4.73. The Balaban J connectivity index is 1.91.